The molecule has 2 N–H and O–H groups in total. The molecular formula is C17H14F2N2O5S. The van der Waals surface area contributed by atoms with Gasteiger partial charge in [0.05, 0.1) is 16.5 Å². The molecule has 0 aliphatic carbocycles. The van der Waals surface area contributed by atoms with Crippen LogP contribution in [0.25, 0.3) is 0 Å². The van der Waals surface area contributed by atoms with Crippen LogP contribution < -0.4 is 9.62 Å². The molecule has 0 spiro atoms. The van der Waals surface area contributed by atoms with Crippen molar-refractivity contribution in [1.29, 1.82) is 0 Å². The van der Waals surface area contributed by atoms with Crippen molar-refractivity contribution in [3.63, 3.8) is 0 Å². The van der Waals surface area contributed by atoms with E-state index in [4.69, 9.17) is 5.11 Å². The summed E-state index contributed by atoms with van der Waals surface area (Å²) >= 11 is 0. The van der Waals surface area contributed by atoms with Crippen molar-refractivity contribution in [3.05, 3.63) is 54.1 Å². The van der Waals surface area contributed by atoms with E-state index in [0.29, 0.717) is 11.8 Å². The Morgan fingerprint density at radius 2 is 1.70 bits per heavy atom. The van der Waals surface area contributed by atoms with Crippen LogP contribution in [0.5, 0.6) is 0 Å². The lowest BCUT2D eigenvalue weighted by Gasteiger charge is -2.16. The van der Waals surface area contributed by atoms with E-state index in [1.165, 1.54) is 29.2 Å². The van der Waals surface area contributed by atoms with E-state index in [0.717, 1.165) is 12.1 Å². The fraction of sp³-hybridized carbons (Fsp3) is 0.176. The van der Waals surface area contributed by atoms with E-state index in [2.05, 4.69) is 4.72 Å². The van der Waals surface area contributed by atoms with Gasteiger partial charge in [0.25, 0.3) is 10.0 Å². The van der Waals surface area contributed by atoms with Gasteiger partial charge in [-0.1, -0.05) is 0 Å². The van der Waals surface area contributed by atoms with Crippen molar-refractivity contribution in [2.75, 3.05) is 16.2 Å². The zero-order chi connectivity index (χ0) is 19.8. The molecule has 0 bridgehead atoms. The van der Waals surface area contributed by atoms with Gasteiger partial charge in [-0.25, -0.2) is 17.2 Å². The molecule has 27 heavy (non-hydrogen) atoms. The number of carbonyl (C=O) groups excluding carboxylic acids is 1. The maximum atomic E-state index is 13.2. The SMILES string of the molecule is O=C(O)[C@@H]1CC(=O)N(c2ccc(S(=O)(=O)Nc3cc(F)cc(F)c3)cc2)C1. The van der Waals surface area contributed by atoms with Crippen LogP contribution in [0.2, 0.25) is 0 Å². The van der Waals surface area contributed by atoms with Crippen LogP contribution in [-0.4, -0.2) is 31.9 Å². The third-order valence-corrected chi connectivity index (χ3v) is 5.44. The lowest BCUT2D eigenvalue weighted by atomic mass is 10.1. The Kier molecular flexibility index (Phi) is 4.83. The van der Waals surface area contributed by atoms with Gasteiger partial charge >= 0.3 is 5.97 Å². The van der Waals surface area contributed by atoms with Gasteiger partial charge in [-0.15, -0.1) is 0 Å². The van der Waals surface area contributed by atoms with Gasteiger partial charge in [-0.2, -0.15) is 0 Å². The van der Waals surface area contributed by atoms with Crippen molar-refractivity contribution >= 4 is 33.3 Å². The quantitative estimate of drug-likeness (QED) is 0.807. The number of anilines is 2. The number of amides is 1. The number of sulfonamides is 1. The van der Waals surface area contributed by atoms with Crippen molar-refractivity contribution < 1.29 is 31.9 Å². The van der Waals surface area contributed by atoms with Crippen molar-refractivity contribution in [2.24, 2.45) is 5.92 Å². The number of nitrogens with one attached hydrogen (secondary N) is 1. The van der Waals surface area contributed by atoms with E-state index in [1.807, 2.05) is 0 Å². The Hall–Kier alpha value is -3.01. The summed E-state index contributed by atoms with van der Waals surface area (Å²) in [4.78, 5) is 24.0. The number of hydrogen-bond acceptors (Lipinski definition) is 4. The maximum absolute atomic E-state index is 13.2. The summed E-state index contributed by atoms with van der Waals surface area (Å²) in [7, 11) is -4.11. The summed E-state index contributed by atoms with van der Waals surface area (Å²) in [5.74, 6) is -4.11. The highest BCUT2D eigenvalue weighted by atomic mass is 32.2. The molecule has 1 amide bonds. The minimum absolute atomic E-state index is 0.00107. The van der Waals surface area contributed by atoms with Gasteiger partial charge in [-0.3, -0.25) is 14.3 Å². The number of rotatable bonds is 5. The summed E-state index contributed by atoms with van der Waals surface area (Å²) in [5, 5.41) is 9.01. The number of nitrogens with zero attached hydrogens (tertiary/aromatic N) is 1. The highest BCUT2D eigenvalue weighted by molar-refractivity contribution is 7.92. The molecule has 2 aromatic carbocycles. The van der Waals surface area contributed by atoms with Gasteiger partial charge < -0.3 is 10.0 Å². The number of aliphatic carboxylic acids is 1. The zero-order valence-corrected chi connectivity index (χ0v) is 14.5. The molecule has 2 aromatic rings. The Balaban J connectivity index is 1.80. The Morgan fingerprint density at radius 1 is 1.11 bits per heavy atom. The van der Waals surface area contributed by atoms with Gasteiger partial charge in [0.1, 0.15) is 11.6 Å². The number of carboxylic acids is 1. The fourth-order valence-electron chi connectivity index (χ4n) is 2.75. The van der Waals surface area contributed by atoms with E-state index in [-0.39, 0.29) is 29.5 Å². The first kappa shape index (κ1) is 18.8. The number of halogens is 2. The molecule has 1 aliphatic rings. The Labute approximate surface area is 153 Å². The van der Waals surface area contributed by atoms with Crippen molar-refractivity contribution in [3.8, 4) is 0 Å². The summed E-state index contributed by atoms with van der Waals surface area (Å²) in [6.45, 7) is 0.00107. The molecule has 0 unspecified atom stereocenters. The van der Waals surface area contributed by atoms with Crippen LogP contribution in [0.15, 0.2) is 47.4 Å². The smallest absolute Gasteiger partial charge is 0.308 e. The summed E-state index contributed by atoms with van der Waals surface area (Å²) in [6, 6.07) is 7.45. The molecule has 10 heteroatoms. The summed E-state index contributed by atoms with van der Waals surface area (Å²) in [5.41, 5.74) is 0.0927. The number of hydrogen-bond donors (Lipinski definition) is 2. The summed E-state index contributed by atoms with van der Waals surface area (Å²) < 4.78 is 53.2. The fourth-order valence-corrected chi connectivity index (χ4v) is 3.79. The largest absolute Gasteiger partial charge is 0.481 e. The van der Waals surface area contributed by atoms with Gasteiger partial charge in [0, 0.05) is 24.7 Å². The molecule has 1 fully saturated rings. The van der Waals surface area contributed by atoms with Crippen LogP contribution in [0, 0.1) is 17.6 Å². The van der Waals surface area contributed by atoms with Crippen LogP contribution in [0.1, 0.15) is 6.42 Å². The molecule has 7 nitrogen and oxygen atoms in total. The molecule has 0 radical (unpaired) electrons. The predicted octanol–water partition coefficient (Wildman–Crippen LogP) is 2.20. The van der Waals surface area contributed by atoms with Crippen molar-refractivity contribution in [1.82, 2.24) is 0 Å². The lowest BCUT2D eigenvalue weighted by Crippen LogP contribution is -2.25. The normalized spacial score (nSPS) is 17.2. The van der Waals surface area contributed by atoms with Gasteiger partial charge in [0.15, 0.2) is 0 Å². The molecule has 1 saturated heterocycles. The molecule has 0 saturated carbocycles. The predicted molar refractivity (Wildman–Crippen MR) is 91.7 cm³/mol. The van der Waals surface area contributed by atoms with Gasteiger partial charge in [0.2, 0.25) is 5.91 Å². The second-order valence-electron chi connectivity index (χ2n) is 6.00. The van der Waals surface area contributed by atoms with E-state index in [9.17, 15) is 26.8 Å². The summed E-state index contributed by atoms with van der Waals surface area (Å²) in [6.07, 6.45) is -0.123. The standard InChI is InChI=1S/C17H14F2N2O5S/c18-11-6-12(19)8-13(7-11)20-27(25,26)15-3-1-14(2-4-15)21-9-10(17(23)24)5-16(21)22/h1-4,6-8,10,20H,5,9H2,(H,23,24)/t10-/m1/s1. The van der Waals surface area contributed by atoms with E-state index < -0.39 is 33.5 Å². The first-order valence-corrected chi connectivity index (χ1v) is 9.26. The Bertz CT molecular complexity index is 988. The molecular weight excluding hydrogens is 382 g/mol. The van der Waals surface area contributed by atoms with Crippen LogP contribution in [-0.2, 0) is 19.6 Å². The van der Waals surface area contributed by atoms with Crippen LogP contribution in [0.3, 0.4) is 0 Å². The monoisotopic (exact) mass is 396 g/mol. The second-order valence-corrected chi connectivity index (χ2v) is 7.68. The molecule has 1 atom stereocenters. The minimum Gasteiger partial charge on any atom is -0.481 e. The molecule has 1 heterocycles. The number of benzene rings is 2. The third-order valence-electron chi connectivity index (χ3n) is 4.05. The number of carboxylic acid groups (broad SMARTS) is 1. The first-order chi connectivity index (χ1) is 12.7. The second kappa shape index (κ2) is 6.95. The Morgan fingerprint density at radius 3 is 2.22 bits per heavy atom. The average Bonchev–Trinajstić information content (AvgIpc) is 2.96. The lowest BCUT2D eigenvalue weighted by molar-refractivity contribution is -0.141. The van der Waals surface area contributed by atoms with Crippen LogP contribution >= 0.6 is 0 Å². The van der Waals surface area contributed by atoms with E-state index in [1.54, 1.807) is 0 Å². The molecule has 142 valence electrons. The van der Waals surface area contributed by atoms with Crippen LogP contribution in [0.4, 0.5) is 20.2 Å². The van der Waals surface area contributed by atoms with Gasteiger partial charge in [-0.05, 0) is 36.4 Å². The number of carbonyl (C=O) groups is 2. The highest BCUT2D eigenvalue weighted by Crippen LogP contribution is 2.27. The average molecular weight is 396 g/mol. The maximum Gasteiger partial charge on any atom is 0.308 e. The topological polar surface area (TPSA) is 104 Å². The first-order valence-electron chi connectivity index (χ1n) is 7.78. The van der Waals surface area contributed by atoms with E-state index >= 15 is 0 Å². The highest BCUT2D eigenvalue weighted by Gasteiger charge is 2.35. The zero-order valence-electron chi connectivity index (χ0n) is 13.7. The van der Waals surface area contributed by atoms with Crippen molar-refractivity contribution in [2.45, 2.75) is 11.3 Å². The third kappa shape index (κ3) is 4.05. The molecule has 3 rings (SSSR count). The molecule has 0 aromatic heterocycles. The minimum atomic E-state index is -4.11. The molecule has 1 aliphatic heterocycles.